The zero-order chi connectivity index (χ0) is 82.2. The van der Waals surface area contributed by atoms with Gasteiger partial charge in [0.15, 0.2) is 25.2 Å². The molecule has 6 aliphatic rings. The Kier molecular flexibility index (Phi) is 27.5. The highest BCUT2D eigenvalue weighted by atomic mass is 16.7. The summed E-state index contributed by atoms with van der Waals surface area (Å²) in [5.74, 6) is -2.03. The number of aliphatic hydroxyl groups excluding tert-OH is 16. The first-order valence-electron chi connectivity index (χ1n) is 37.4. The predicted molar refractivity (Wildman–Crippen MR) is 409 cm³/mol. The van der Waals surface area contributed by atoms with Crippen molar-refractivity contribution in [1.82, 2.24) is 41.2 Å². The maximum atomic E-state index is 13.8. The molecular weight excluding hydrogens is 1520 g/mol. The average molecular weight is 1610 g/mol. The average Bonchev–Trinajstić information content (AvgIpc) is 1.57. The second-order valence-corrected chi connectivity index (χ2v) is 28.1. The molecule has 4 saturated heterocycles. The number of aliphatic hydroxyl groups is 16. The molecule has 22 N–H and O–H groups in total. The largest absolute Gasteiger partial charge is 0.394 e. The minimum absolute atomic E-state index is 0.0858. The Balaban J connectivity index is 0.865. The van der Waals surface area contributed by atoms with Gasteiger partial charge >= 0.3 is 0 Å². The van der Waals surface area contributed by atoms with E-state index in [4.69, 9.17) is 47.9 Å². The SMILES string of the molecule is O=C(NCCO[C@@H]1O[C@H](CO)[C@@H](O)[C@H](O)[C@H]1O)c1ccc(-c2c3nc(c(-c4ccc(C(=O)NCCO[C@@H]5O[C@H](CO)[C@@H](O)[C@H](O)[C@H]5O)cc4)c4ccc([nH]4)c(-c4ccc(C(=O)NCCO[C@@H]5O[C@H](CO)[C@@H](O)[C@H](O)[C@H]5O)cc4)c4nc(c(-c5ccc(C(=O)NCCO[C@@H]6O[C@H](CO)[C@@H](O)[C@H](O)[C@H]6O)cc5)c5ccc2[nH]5)C=C4)C=C3)cc1. The van der Waals surface area contributed by atoms with Crippen LogP contribution in [0.15, 0.2) is 121 Å². The monoisotopic (exact) mass is 1610 g/mol. The van der Waals surface area contributed by atoms with Gasteiger partial charge in [0, 0.05) is 92.8 Å². The molecular formula is C80H90N8O28. The van der Waals surface area contributed by atoms with Crippen molar-refractivity contribution in [1.29, 1.82) is 0 Å². The Morgan fingerprint density at radius 3 is 0.681 bits per heavy atom. The number of aromatic amines is 2. The van der Waals surface area contributed by atoms with E-state index >= 15 is 0 Å². The molecule has 8 bridgehead atoms. The van der Waals surface area contributed by atoms with Crippen molar-refractivity contribution in [2.75, 3.05) is 79.0 Å². The molecule has 0 radical (unpaired) electrons. The number of H-pyrrole nitrogens is 2. The Bertz CT molecular complexity index is 4240. The molecule has 0 saturated carbocycles. The molecule has 7 aromatic rings. The van der Waals surface area contributed by atoms with E-state index in [0.29, 0.717) is 89.4 Å². The number of fused-ring (bicyclic) bond motifs is 8. The van der Waals surface area contributed by atoms with Gasteiger partial charge in [-0.05, 0) is 119 Å². The first kappa shape index (κ1) is 84.3. The minimum Gasteiger partial charge on any atom is -0.394 e. The lowest BCUT2D eigenvalue weighted by molar-refractivity contribution is -0.300. The molecule has 0 spiro atoms. The van der Waals surface area contributed by atoms with E-state index in [9.17, 15) is 101 Å². The van der Waals surface area contributed by atoms with Crippen molar-refractivity contribution >= 4 is 70.0 Å². The van der Waals surface area contributed by atoms with Crippen LogP contribution in [0.2, 0.25) is 0 Å². The van der Waals surface area contributed by atoms with Gasteiger partial charge in [0.2, 0.25) is 0 Å². The maximum Gasteiger partial charge on any atom is 0.251 e. The molecule has 4 amide bonds. The fourth-order valence-corrected chi connectivity index (χ4v) is 14.2. The second-order valence-electron chi connectivity index (χ2n) is 28.1. The van der Waals surface area contributed by atoms with Crippen molar-refractivity contribution in [3.8, 4) is 44.5 Å². The lowest BCUT2D eigenvalue weighted by atomic mass is 9.99. The van der Waals surface area contributed by atoms with Crippen molar-refractivity contribution < 1.29 is 139 Å². The molecule has 3 aromatic heterocycles. The smallest absolute Gasteiger partial charge is 0.251 e. The van der Waals surface area contributed by atoms with Crippen molar-refractivity contribution in [3.05, 3.63) is 166 Å². The number of rotatable bonds is 28. The van der Waals surface area contributed by atoms with E-state index in [-0.39, 0.29) is 74.9 Å². The molecule has 4 fully saturated rings. The van der Waals surface area contributed by atoms with Gasteiger partial charge in [0.25, 0.3) is 23.6 Å². The zero-order valence-corrected chi connectivity index (χ0v) is 61.8. The van der Waals surface area contributed by atoms with Gasteiger partial charge in [0.1, 0.15) is 97.7 Å². The van der Waals surface area contributed by atoms with Crippen molar-refractivity contribution in [3.63, 3.8) is 0 Å². The summed E-state index contributed by atoms with van der Waals surface area (Å²) in [6.07, 6.45) is -22.9. The molecule has 4 aromatic carbocycles. The van der Waals surface area contributed by atoms with E-state index in [0.717, 1.165) is 0 Å². The van der Waals surface area contributed by atoms with E-state index in [1.165, 1.54) is 0 Å². The summed E-state index contributed by atoms with van der Waals surface area (Å²) >= 11 is 0. The number of hydrogen-bond acceptors (Lipinski definition) is 30. The summed E-state index contributed by atoms with van der Waals surface area (Å²) in [5, 5.41) is 174. The predicted octanol–water partition coefficient (Wildman–Crippen LogP) is -2.49. The number of amides is 4. The van der Waals surface area contributed by atoms with Gasteiger partial charge in [-0.3, -0.25) is 19.2 Å². The van der Waals surface area contributed by atoms with E-state index in [2.05, 4.69) is 31.2 Å². The zero-order valence-electron chi connectivity index (χ0n) is 61.8. The van der Waals surface area contributed by atoms with E-state index in [1.54, 1.807) is 97.1 Å². The Morgan fingerprint density at radius 2 is 0.491 bits per heavy atom. The fraction of sp³-hybridized carbons (Fsp3) is 0.400. The van der Waals surface area contributed by atoms with Crippen LogP contribution in [0.3, 0.4) is 0 Å². The van der Waals surface area contributed by atoms with Crippen LogP contribution < -0.4 is 21.3 Å². The summed E-state index contributed by atoms with van der Waals surface area (Å²) in [5.41, 5.74) is 9.34. The molecule has 6 aliphatic heterocycles. The van der Waals surface area contributed by atoms with Gasteiger partial charge < -0.3 is 151 Å². The van der Waals surface area contributed by atoms with E-state index in [1.807, 2.05) is 48.6 Å². The number of carbonyl (C=O) groups excluding carboxylic acids is 4. The van der Waals surface area contributed by atoms with Crippen LogP contribution in [0.25, 0.3) is 90.9 Å². The molecule has 20 atom stereocenters. The van der Waals surface area contributed by atoms with Crippen LogP contribution in [-0.2, 0) is 37.9 Å². The number of aromatic nitrogens is 4. The van der Waals surface area contributed by atoms with Crippen LogP contribution in [0, 0.1) is 0 Å². The standard InChI is InChI=1S/C80H90N8O28/c89-33-53-61(93)65(97)69(101)77(113-53)109-29-25-81-73(105)41-9-1-37(2-10-41)57-45-17-19-47(85-45)58(38-3-11-42(12-4-38)74(106)82-26-30-110-78-70(102)66(98)62(94)54(34-90)114-78)49-21-23-51(87-49)60(40-7-15-44(16-8-40)76(108)84-28-32-112-80-72(104)68(100)64(96)56(36-92)116-80)52-24-22-50(88-52)59(48-20-18-46(57)86-48)39-5-13-43(14-6-39)75(107)83-27-31-111-79-71(103)67(99)63(95)55(35-91)115-79/h1-24,53-56,61-72,77-80,85,88-104H,25-36H2,(H,81,105)(H,82,106)(H,83,107)(H,84,108)/t53-,54-,55-,56-,61-,62-,63-,64-,65+,66+,67+,68+,69-,70-,71-,72-,77-,78-,79-,80-/m1/s1. The quantitative estimate of drug-likeness (QED) is 0.0226. The summed E-state index contributed by atoms with van der Waals surface area (Å²) in [6, 6.07) is 34.1. The van der Waals surface area contributed by atoms with Gasteiger partial charge in [0.05, 0.1) is 75.6 Å². The van der Waals surface area contributed by atoms with E-state index < -0.39 is 173 Å². The molecule has 36 heteroatoms. The Morgan fingerprint density at radius 1 is 0.293 bits per heavy atom. The Hall–Kier alpha value is -9.60. The van der Waals surface area contributed by atoms with Crippen LogP contribution >= 0.6 is 0 Å². The summed E-state index contributed by atoms with van der Waals surface area (Å²) < 4.78 is 44.1. The number of hydrogen-bond donors (Lipinski definition) is 22. The second kappa shape index (κ2) is 37.8. The summed E-state index contributed by atoms with van der Waals surface area (Å²) in [7, 11) is 0. The van der Waals surface area contributed by atoms with Gasteiger partial charge in [-0.15, -0.1) is 0 Å². The number of ether oxygens (including phenoxy) is 8. The molecule has 0 unspecified atom stereocenters. The molecule has 13 rings (SSSR count). The summed E-state index contributed by atoms with van der Waals surface area (Å²) in [6.45, 7) is -3.78. The van der Waals surface area contributed by atoms with Gasteiger partial charge in [-0.25, -0.2) is 9.97 Å². The molecule has 0 aliphatic carbocycles. The normalized spacial score (nSPS) is 27.8. The van der Waals surface area contributed by atoms with Gasteiger partial charge in [-0.1, -0.05) is 48.5 Å². The van der Waals surface area contributed by atoms with Crippen molar-refractivity contribution in [2.45, 2.75) is 123 Å². The van der Waals surface area contributed by atoms with Crippen molar-refractivity contribution in [2.24, 2.45) is 0 Å². The first-order chi connectivity index (χ1) is 56.0. The number of benzene rings is 4. The fourth-order valence-electron chi connectivity index (χ4n) is 14.2. The first-order valence-corrected chi connectivity index (χ1v) is 37.4. The number of nitrogens with one attached hydrogen (secondary N) is 6. The molecule has 9 heterocycles. The lowest BCUT2D eigenvalue weighted by Gasteiger charge is -2.39. The van der Waals surface area contributed by atoms with Crippen LogP contribution in [0.5, 0.6) is 0 Å². The van der Waals surface area contributed by atoms with Crippen LogP contribution in [0.1, 0.15) is 64.2 Å². The lowest BCUT2D eigenvalue weighted by Crippen LogP contribution is -2.59. The third-order valence-electron chi connectivity index (χ3n) is 20.6. The highest BCUT2D eigenvalue weighted by Crippen LogP contribution is 2.40. The minimum atomic E-state index is -1.67. The van der Waals surface area contributed by atoms with Gasteiger partial charge in [-0.2, -0.15) is 0 Å². The third kappa shape index (κ3) is 18.4. The highest BCUT2D eigenvalue weighted by molar-refractivity contribution is 6.03. The maximum absolute atomic E-state index is 13.8. The third-order valence-corrected chi connectivity index (χ3v) is 20.6. The van der Waals surface area contributed by atoms with Crippen LogP contribution in [-0.4, -0.2) is 327 Å². The molecule has 36 nitrogen and oxygen atoms in total. The topological polar surface area (TPSA) is 571 Å². The number of nitrogens with zero attached hydrogens (tertiary/aromatic N) is 2. The molecule has 116 heavy (non-hydrogen) atoms. The molecule has 618 valence electrons. The Labute approximate surface area is 660 Å². The van der Waals surface area contributed by atoms with Crippen LogP contribution in [0.4, 0.5) is 0 Å². The summed E-state index contributed by atoms with van der Waals surface area (Å²) in [4.78, 5) is 73.1. The number of carbonyl (C=O) groups is 4. The highest BCUT2D eigenvalue weighted by Gasteiger charge is 2.48.